The van der Waals surface area contributed by atoms with Gasteiger partial charge in [0, 0.05) is 16.5 Å². The minimum absolute atomic E-state index is 0.237. The summed E-state index contributed by atoms with van der Waals surface area (Å²) in [7, 11) is 0. The smallest absolute Gasteiger partial charge is 0.374 e. The van der Waals surface area contributed by atoms with Crippen LogP contribution in [-0.4, -0.2) is 26.0 Å². The van der Waals surface area contributed by atoms with Crippen LogP contribution in [0.4, 0.5) is 10.9 Å². The molecule has 0 aliphatic carbocycles. The van der Waals surface area contributed by atoms with Gasteiger partial charge in [-0.2, -0.15) is 0 Å². The maximum atomic E-state index is 11.1. The SMILES string of the molecule is Cc1cnc(Nc2nc(C(=O)O)nc3ccccc23)s1. The fourth-order valence-electron chi connectivity index (χ4n) is 1.78. The molecule has 0 amide bonds. The van der Waals surface area contributed by atoms with Crippen molar-refractivity contribution in [3.63, 3.8) is 0 Å². The predicted molar refractivity (Wildman–Crippen MR) is 76.6 cm³/mol. The van der Waals surface area contributed by atoms with Crippen molar-refractivity contribution in [2.75, 3.05) is 5.32 Å². The Morgan fingerprint density at radius 1 is 1.30 bits per heavy atom. The zero-order valence-electron chi connectivity index (χ0n) is 10.5. The van der Waals surface area contributed by atoms with Gasteiger partial charge in [-0.1, -0.05) is 12.1 Å². The molecular weight excluding hydrogens is 276 g/mol. The van der Waals surface area contributed by atoms with Crippen LogP contribution in [-0.2, 0) is 0 Å². The van der Waals surface area contributed by atoms with Crippen LogP contribution in [0.1, 0.15) is 15.5 Å². The van der Waals surface area contributed by atoms with Crippen molar-refractivity contribution in [2.45, 2.75) is 6.92 Å². The van der Waals surface area contributed by atoms with Crippen molar-refractivity contribution in [2.24, 2.45) is 0 Å². The zero-order valence-corrected chi connectivity index (χ0v) is 11.3. The molecule has 20 heavy (non-hydrogen) atoms. The van der Waals surface area contributed by atoms with Gasteiger partial charge in [0.15, 0.2) is 5.13 Å². The fourth-order valence-corrected chi connectivity index (χ4v) is 2.44. The van der Waals surface area contributed by atoms with Crippen molar-refractivity contribution in [3.05, 3.63) is 41.2 Å². The van der Waals surface area contributed by atoms with Crippen LogP contribution in [0.2, 0.25) is 0 Å². The number of anilines is 2. The second kappa shape index (κ2) is 4.86. The Morgan fingerprint density at radius 3 is 2.80 bits per heavy atom. The number of fused-ring (bicyclic) bond motifs is 1. The van der Waals surface area contributed by atoms with Crippen LogP contribution in [0.5, 0.6) is 0 Å². The lowest BCUT2D eigenvalue weighted by Gasteiger charge is -2.07. The quantitative estimate of drug-likeness (QED) is 0.769. The molecule has 0 spiro atoms. The van der Waals surface area contributed by atoms with Crippen molar-refractivity contribution in [1.82, 2.24) is 15.0 Å². The third kappa shape index (κ3) is 2.30. The molecule has 2 heterocycles. The highest BCUT2D eigenvalue weighted by molar-refractivity contribution is 7.15. The number of carboxylic acids is 1. The van der Waals surface area contributed by atoms with Crippen molar-refractivity contribution >= 4 is 39.2 Å². The first-order valence-corrected chi connectivity index (χ1v) is 6.64. The summed E-state index contributed by atoms with van der Waals surface area (Å²) in [6, 6.07) is 7.24. The molecule has 3 rings (SSSR count). The summed E-state index contributed by atoms with van der Waals surface area (Å²) in [5.41, 5.74) is 0.579. The molecule has 0 saturated carbocycles. The van der Waals surface area contributed by atoms with E-state index >= 15 is 0 Å². The molecule has 3 aromatic rings. The summed E-state index contributed by atoms with van der Waals surface area (Å²) in [4.78, 5) is 24.4. The molecule has 1 aromatic carbocycles. The zero-order chi connectivity index (χ0) is 14.1. The molecule has 0 unspecified atom stereocenters. The maximum absolute atomic E-state index is 11.1. The maximum Gasteiger partial charge on any atom is 0.374 e. The lowest BCUT2D eigenvalue weighted by molar-refractivity contribution is 0.0684. The number of benzene rings is 1. The minimum atomic E-state index is -1.16. The number of nitrogens with zero attached hydrogens (tertiary/aromatic N) is 3. The van der Waals surface area contributed by atoms with Crippen molar-refractivity contribution < 1.29 is 9.90 Å². The Kier molecular flexibility index (Phi) is 3.03. The molecular formula is C13H10N4O2S. The molecule has 0 fully saturated rings. The second-order valence-corrected chi connectivity index (χ2v) is 5.35. The summed E-state index contributed by atoms with van der Waals surface area (Å²) in [5, 5.41) is 13.6. The van der Waals surface area contributed by atoms with Crippen LogP contribution in [0.3, 0.4) is 0 Å². The number of aryl methyl sites for hydroxylation is 1. The molecule has 0 atom stereocenters. The monoisotopic (exact) mass is 286 g/mol. The number of hydrogen-bond donors (Lipinski definition) is 2. The topological polar surface area (TPSA) is 88.0 Å². The third-order valence-electron chi connectivity index (χ3n) is 2.64. The van der Waals surface area contributed by atoms with E-state index in [9.17, 15) is 4.79 Å². The van der Waals surface area contributed by atoms with Gasteiger partial charge < -0.3 is 10.4 Å². The van der Waals surface area contributed by atoms with Crippen molar-refractivity contribution in [3.8, 4) is 0 Å². The number of carboxylic acid groups (broad SMARTS) is 1. The number of nitrogens with one attached hydrogen (secondary N) is 1. The molecule has 0 saturated heterocycles. The molecule has 7 heteroatoms. The van der Waals surface area contributed by atoms with E-state index in [1.807, 2.05) is 19.1 Å². The van der Waals surface area contributed by atoms with Gasteiger partial charge >= 0.3 is 5.97 Å². The number of rotatable bonds is 3. The summed E-state index contributed by atoms with van der Waals surface area (Å²) in [6.07, 6.45) is 1.74. The molecule has 100 valence electrons. The molecule has 0 aliphatic heterocycles. The lowest BCUT2D eigenvalue weighted by atomic mass is 10.2. The van der Waals surface area contributed by atoms with Gasteiger partial charge in [-0.3, -0.25) is 0 Å². The van der Waals surface area contributed by atoms with Gasteiger partial charge in [0.05, 0.1) is 5.52 Å². The largest absolute Gasteiger partial charge is 0.475 e. The third-order valence-corrected chi connectivity index (χ3v) is 3.47. The number of carbonyl (C=O) groups is 1. The summed E-state index contributed by atoms with van der Waals surface area (Å²) in [6.45, 7) is 1.95. The molecule has 2 N–H and O–H groups in total. The van der Waals surface area contributed by atoms with E-state index in [0.717, 1.165) is 10.3 Å². The van der Waals surface area contributed by atoms with Crippen LogP contribution < -0.4 is 5.32 Å². The van der Waals surface area contributed by atoms with E-state index in [1.165, 1.54) is 11.3 Å². The van der Waals surface area contributed by atoms with E-state index in [1.54, 1.807) is 18.3 Å². The Bertz CT molecular complexity index is 800. The van der Waals surface area contributed by atoms with Gasteiger partial charge in [0.2, 0.25) is 5.82 Å². The first kappa shape index (κ1) is 12.5. The van der Waals surface area contributed by atoms with Gasteiger partial charge in [-0.25, -0.2) is 19.7 Å². The van der Waals surface area contributed by atoms with Crippen LogP contribution >= 0.6 is 11.3 Å². The second-order valence-electron chi connectivity index (χ2n) is 4.12. The normalized spacial score (nSPS) is 10.7. The highest BCUT2D eigenvalue weighted by atomic mass is 32.1. The number of aromatic nitrogens is 3. The van der Waals surface area contributed by atoms with E-state index < -0.39 is 5.97 Å². The van der Waals surface area contributed by atoms with Crippen molar-refractivity contribution in [1.29, 1.82) is 0 Å². The summed E-state index contributed by atoms with van der Waals surface area (Å²) >= 11 is 1.48. The standard InChI is InChI=1S/C13H10N4O2S/c1-7-6-14-13(20-7)17-10-8-4-2-3-5-9(8)15-11(16-10)12(18)19/h2-6H,1H3,(H,18,19)(H,14,15,16,17). The number of para-hydroxylation sites is 1. The first-order chi connectivity index (χ1) is 9.63. The van der Waals surface area contributed by atoms with E-state index in [2.05, 4.69) is 20.3 Å². The predicted octanol–water partition coefficient (Wildman–Crippen LogP) is 2.84. The first-order valence-electron chi connectivity index (χ1n) is 5.83. The average Bonchev–Trinajstić information content (AvgIpc) is 2.84. The Hall–Kier alpha value is -2.54. The van der Waals surface area contributed by atoms with Gasteiger partial charge in [0.25, 0.3) is 0 Å². The molecule has 0 bridgehead atoms. The Balaban J connectivity index is 2.14. The number of hydrogen-bond acceptors (Lipinski definition) is 6. The molecule has 0 aliphatic rings. The number of aromatic carboxylic acids is 1. The van der Waals surface area contributed by atoms with Crippen LogP contribution in [0.25, 0.3) is 10.9 Å². The van der Waals surface area contributed by atoms with E-state index in [4.69, 9.17) is 5.11 Å². The van der Waals surface area contributed by atoms with Gasteiger partial charge in [0.1, 0.15) is 5.82 Å². The Morgan fingerprint density at radius 2 is 2.10 bits per heavy atom. The van der Waals surface area contributed by atoms with Gasteiger partial charge in [-0.15, -0.1) is 11.3 Å². The summed E-state index contributed by atoms with van der Waals surface area (Å²) < 4.78 is 0. The molecule has 0 radical (unpaired) electrons. The highest BCUT2D eigenvalue weighted by Crippen LogP contribution is 2.26. The minimum Gasteiger partial charge on any atom is -0.475 e. The van der Waals surface area contributed by atoms with Crippen LogP contribution in [0.15, 0.2) is 30.5 Å². The fraction of sp³-hybridized carbons (Fsp3) is 0.0769. The average molecular weight is 286 g/mol. The highest BCUT2D eigenvalue weighted by Gasteiger charge is 2.13. The van der Waals surface area contributed by atoms with E-state index in [-0.39, 0.29) is 5.82 Å². The Labute approximate surface area is 118 Å². The molecule has 2 aromatic heterocycles. The summed E-state index contributed by atoms with van der Waals surface area (Å²) in [5.74, 6) is -0.948. The van der Waals surface area contributed by atoms with E-state index in [0.29, 0.717) is 16.5 Å². The molecule has 6 nitrogen and oxygen atoms in total. The number of thiazole rings is 1. The van der Waals surface area contributed by atoms with Gasteiger partial charge in [-0.05, 0) is 19.1 Å². The lowest BCUT2D eigenvalue weighted by Crippen LogP contribution is -2.07. The van der Waals surface area contributed by atoms with Crippen LogP contribution in [0, 0.1) is 6.92 Å².